The molecule has 0 aliphatic carbocycles. The van der Waals surface area contributed by atoms with E-state index in [1.807, 2.05) is 13.2 Å². The van der Waals surface area contributed by atoms with E-state index in [9.17, 15) is 0 Å². The van der Waals surface area contributed by atoms with Gasteiger partial charge in [0.1, 0.15) is 0 Å². The molecule has 0 atom stereocenters. The van der Waals surface area contributed by atoms with Crippen molar-refractivity contribution in [3.8, 4) is 6.07 Å². The average Bonchev–Trinajstić information content (AvgIpc) is 2.58. The summed E-state index contributed by atoms with van der Waals surface area (Å²) in [7, 11) is 1.85. The smallest absolute Gasteiger partial charge is 0.0967 e. The number of nitrogens with zero attached hydrogens (tertiary/aromatic N) is 5. The first kappa shape index (κ1) is 10.7. The molecule has 0 spiro atoms. The molecule has 0 N–H and O–H groups in total. The molecule has 0 amide bonds. The minimum atomic E-state index is 0.564. The van der Waals surface area contributed by atoms with Crippen molar-refractivity contribution >= 4 is 0 Å². The Balaban J connectivity index is 2.44. The lowest BCUT2D eigenvalue weighted by Gasteiger charge is -2.16. The molecular formula is C9H15N5. The molecule has 1 aromatic heterocycles. The first-order chi connectivity index (χ1) is 6.76. The zero-order chi connectivity index (χ0) is 10.4. The highest BCUT2D eigenvalue weighted by Crippen LogP contribution is 2.00. The second-order valence-corrected chi connectivity index (χ2v) is 3.16. The Morgan fingerprint density at radius 1 is 1.64 bits per heavy atom. The van der Waals surface area contributed by atoms with E-state index < -0.39 is 0 Å². The second kappa shape index (κ2) is 5.35. The van der Waals surface area contributed by atoms with E-state index in [-0.39, 0.29) is 0 Å². The van der Waals surface area contributed by atoms with Gasteiger partial charge in [0, 0.05) is 32.8 Å². The Bertz CT molecular complexity index is 311. The molecular weight excluding hydrogens is 178 g/mol. The zero-order valence-corrected chi connectivity index (χ0v) is 8.64. The monoisotopic (exact) mass is 193 g/mol. The van der Waals surface area contributed by atoms with Crippen LogP contribution in [0.3, 0.4) is 0 Å². The summed E-state index contributed by atoms with van der Waals surface area (Å²) in [5.74, 6) is 0. The maximum atomic E-state index is 8.47. The van der Waals surface area contributed by atoms with Crippen molar-refractivity contribution in [2.45, 2.75) is 19.9 Å². The Hall–Kier alpha value is -1.41. The zero-order valence-electron chi connectivity index (χ0n) is 8.64. The molecule has 5 nitrogen and oxygen atoms in total. The Morgan fingerprint density at radius 3 is 2.93 bits per heavy atom. The largest absolute Gasteiger partial charge is 0.297 e. The summed E-state index contributed by atoms with van der Waals surface area (Å²) in [5.41, 5.74) is 0.951. The fourth-order valence-electron chi connectivity index (χ4n) is 1.25. The van der Waals surface area contributed by atoms with E-state index in [0.29, 0.717) is 6.42 Å². The van der Waals surface area contributed by atoms with Gasteiger partial charge < -0.3 is 0 Å². The van der Waals surface area contributed by atoms with Crippen LogP contribution in [-0.4, -0.2) is 33.0 Å². The Morgan fingerprint density at radius 2 is 2.43 bits per heavy atom. The molecule has 0 aromatic carbocycles. The number of hydrogen-bond acceptors (Lipinski definition) is 4. The average molecular weight is 193 g/mol. The van der Waals surface area contributed by atoms with Crippen LogP contribution in [0.2, 0.25) is 0 Å². The normalized spacial score (nSPS) is 10.4. The maximum absolute atomic E-state index is 8.47. The second-order valence-electron chi connectivity index (χ2n) is 3.16. The van der Waals surface area contributed by atoms with Crippen molar-refractivity contribution in [2.75, 3.05) is 13.1 Å². The predicted molar refractivity (Wildman–Crippen MR) is 52.2 cm³/mol. The molecule has 14 heavy (non-hydrogen) atoms. The first-order valence-corrected chi connectivity index (χ1v) is 4.70. The quantitative estimate of drug-likeness (QED) is 0.685. The van der Waals surface area contributed by atoms with Crippen LogP contribution in [0, 0.1) is 11.3 Å². The number of aromatic nitrogens is 3. The lowest BCUT2D eigenvalue weighted by Crippen LogP contribution is -2.23. The molecule has 1 rings (SSSR count). The van der Waals surface area contributed by atoms with E-state index in [0.717, 1.165) is 25.3 Å². The minimum Gasteiger partial charge on any atom is -0.297 e. The molecule has 0 unspecified atom stereocenters. The van der Waals surface area contributed by atoms with Gasteiger partial charge in [0.25, 0.3) is 0 Å². The third-order valence-corrected chi connectivity index (χ3v) is 2.02. The number of hydrogen-bond donors (Lipinski definition) is 0. The van der Waals surface area contributed by atoms with Gasteiger partial charge >= 0.3 is 0 Å². The molecule has 0 saturated heterocycles. The Kier molecular flexibility index (Phi) is 4.08. The van der Waals surface area contributed by atoms with Gasteiger partial charge in [0.05, 0.1) is 11.8 Å². The van der Waals surface area contributed by atoms with E-state index in [1.165, 1.54) is 0 Å². The van der Waals surface area contributed by atoms with Gasteiger partial charge in [-0.15, -0.1) is 5.10 Å². The van der Waals surface area contributed by atoms with Crippen molar-refractivity contribution < 1.29 is 0 Å². The summed E-state index contributed by atoms with van der Waals surface area (Å²) >= 11 is 0. The number of rotatable bonds is 5. The lowest BCUT2D eigenvalue weighted by atomic mass is 10.3. The minimum absolute atomic E-state index is 0.564. The first-order valence-electron chi connectivity index (χ1n) is 4.70. The third kappa shape index (κ3) is 3.15. The van der Waals surface area contributed by atoms with Crippen LogP contribution in [-0.2, 0) is 13.6 Å². The lowest BCUT2D eigenvalue weighted by molar-refractivity contribution is 0.283. The summed E-state index contributed by atoms with van der Waals surface area (Å²) in [6.45, 7) is 4.57. The number of aryl methyl sites for hydroxylation is 1. The molecule has 0 aliphatic heterocycles. The van der Waals surface area contributed by atoms with Crippen LogP contribution in [0.4, 0.5) is 0 Å². The van der Waals surface area contributed by atoms with Crippen molar-refractivity contribution in [1.82, 2.24) is 19.9 Å². The van der Waals surface area contributed by atoms with Gasteiger partial charge in [-0.2, -0.15) is 5.26 Å². The van der Waals surface area contributed by atoms with Crippen LogP contribution in [0.1, 0.15) is 19.0 Å². The molecule has 0 radical (unpaired) electrons. The molecule has 5 heteroatoms. The highest BCUT2D eigenvalue weighted by molar-refractivity contribution is 4.91. The van der Waals surface area contributed by atoms with Crippen LogP contribution in [0.15, 0.2) is 6.20 Å². The summed E-state index contributed by atoms with van der Waals surface area (Å²) in [5, 5.41) is 16.3. The topological polar surface area (TPSA) is 57.7 Å². The van der Waals surface area contributed by atoms with Crippen molar-refractivity contribution in [2.24, 2.45) is 7.05 Å². The Labute approximate surface area is 83.9 Å². The summed E-state index contributed by atoms with van der Waals surface area (Å²) in [6, 6.07) is 2.14. The number of nitriles is 1. The van der Waals surface area contributed by atoms with Crippen LogP contribution in [0.25, 0.3) is 0 Å². The van der Waals surface area contributed by atoms with Gasteiger partial charge in [0.2, 0.25) is 0 Å². The molecule has 76 valence electrons. The van der Waals surface area contributed by atoms with Gasteiger partial charge in [-0.1, -0.05) is 12.1 Å². The van der Waals surface area contributed by atoms with Gasteiger partial charge in [-0.25, -0.2) is 0 Å². The molecule has 1 aromatic rings. The van der Waals surface area contributed by atoms with E-state index in [2.05, 4.69) is 28.2 Å². The summed E-state index contributed by atoms with van der Waals surface area (Å²) in [4.78, 5) is 2.17. The molecule has 0 aliphatic rings. The van der Waals surface area contributed by atoms with Crippen molar-refractivity contribution in [3.05, 3.63) is 11.9 Å². The fraction of sp³-hybridized carbons (Fsp3) is 0.667. The molecule has 1 heterocycles. The van der Waals surface area contributed by atoms with E-state index in [4.69, 9.17) is 5.26 Å². The SMILES string of the molecule is CCN(CCC#N)Cc1cn(C)nn1. The van der Waals surface area contributed by atoms with Gasteiger partial charge in [-0.3, -0.25) is 9.58 Å². The maximum Gasteiger partial charge on any atom is 0.0967 e. The van der Waals surface area contributed by atoms with Crippen molar-refractivity contribution in [3.63, 3.8) is 0 Å². The van der Waals surface area contributed by atoms with Gasteiger partial charge in [-0.05, 0) is 6.54 Å². The summed E-state index contributed by atoms with van der Waals surface area (Å²) < 4.78 is 1.69. The third-order valence-electron chi connectivity index (χ3n) is 2.02. The van der Waals surface area contributed by atoms with Crippen LogP contribution < -0.4 is 0 Å². The predicted octanol–water partition coefficient (Wildman–Crippen LogP) is 0.551. The highest BCUT2D eigenvalue weighted by atomic mass is 15.4. The molecule has 0 bridgehead atoms. The molecule has 0 fully saturated rings. The van der Waals surface area contributed by atoms with E-state index >= 15 is 0 Å². The van der Waals surface area contributed by atoms with Crippen LogP contribution in [0.5, 0.6) is 0 Å². The highest BCUT2D eigenvalue weighted by Gasteiger charge is 2.05. The standard InChI is InChI=1S/C9H15N5/c1-3-14(6-4-5-10)8-9-7-13(2)12-11-9/h7H,3-4,6,8H2,1-2H3. The van der Waals surface area contributed by atoms with Crippen LogP contribution >= 0.6 is 0 Å². The van der Waals surface area contributed by atoms with Gasteiger partial charge in [0.15, 0.2) is 0 Å². The fourth-order valence-corrected chi connectivity index (χ4v) is 1.25. The van der Waals surface area contributed by atoms with Crippen molar-refractivity contribution in [1.29, 1.82) is 5.26 Å². The summed E-state index contributed by atoms with van der Waals surface area (Å²) in [6.07, 6.45) is 2.46. The molecule has 0 saturated carbocycles. The van der Waals surface area contributed by atoms with E-state index in [1.54, 1.807) is 4.68 Å².